The van der Waals surface area contributed by atoms with Crippen LogP contribution >= 0.6 is 15.9 Å². The van der Waals surface area contributed by atoms with Gasteiger partial charge in [0.1, 0.15) is 0 Å². The molecule has 0 saturated heterocycles. The number of benzene rings is 2. The van der Waals surface area contributed by atoms with Crippen molar-refractivity contribution >= 4 is 15.9 Å². The van der Waals surface area contributed by atoms with Crippen molar-refractivity contribution in [3.8, 4) is 0 Å². The van der Waals surface area contributed by atoms with Crippen molar-refractivity contribution in [3.05, 3.63) is 69.2 Å². The van der Waals surface area contributed by atoms with Crippen LogP contribution in [0.3, 0.4) is 0 Å². The van der Waals surface area contributed by atoms with E-state index in [1.807, 2.05) is 32.0 Å². The average Bonchev–Trinajstić information content (AvgIpc) is 2.43. The summed E-state index contributed by atoms with van der Waals surface area (Å²) in [5.41, 5.74) is 2.85. The minimum absolute atomic E-state index is 0.151. The zero-order valence-corrected chi connectivity index (χ0v) is 13.0. The number of hydrogen-bond donors (Lipinski definition) is 1. The van der Waals surface area contributed by atoms with Gasteiger partial charge < -0.3 is 5.32 Å². The molecule has 0 spiro atoms. The summed E-state index contributed by atoms with van der Waals surface area (Å²) in [5.74, 6) is -1.64. The van der Waals surface area contributed by atoms with Crippen molar-refractivity contribution in [1.29, 1.82) is 0 Å². The average molecular weight is 340 g/mol. The molecule has 0 amide bonds. The van der Waals surface area contributed by atoms with E-state index < -0.39 is 11.6 Å². The largest absolute Gasteiger partial charge is 0.307 e. The van der Waals surface area contributed by atoms with E-state index in [0.717, 1.165) is 22.1 Å². The summed E-state index contributed by atoms with van der Waals surface area (Å²) in [6.45, 7) is 4.72. The van der Waals surface area contributed by atoms with Gasteiger partial charge >= 0.3 is 0 Å². The van der Waals surface area contributed by atoms with Gasteiger partial charge in [-0.2, -0.15) is 0 Å². The Bertz CT molecular complexity index is 562. The van der Waals surface area contributed by atoms with Crippen molar-refractivity contribution in [2.75, 3.05) is 6.54 Å². The van der Waals surface area contributed by atoms with Gasteiger partial charge in [-0.25, -0.2) is 8.78 Å². The van der Waals surface area contributed by atoms with Gasteiger partial charge in [-0.15, -0.1) is 0 Å². The van der Waals surface area contributed by atoms with Crippen LogP contribution in [0.2, 0.25) is 0 Å². The van der Waals surface area contributed by atoms with Crippen LogP contribution in [0, 0.1) is 18.6 Å². The number of rotatable bonds is 4. The molecule has 2 rings (SSSR count). The lowest BCUT2D eigenvalue weighted by Crippen LogP contribution is -2.22. The third-order valence-corrected chi connectivity index (χ3v) is 4.09. The van der Waals surface area contributed by atoms with Crippen LogP contribution in [0.5, 0.6) is 0 Å². The Morgan fingerprint density at radius 2 is 1.70 bits per heavy atom. The van der Waals surface area contributed by atoms with Gasteiger partial charge in [0, 0.05) is 4.47 Å². The molecule has 1 atom stereocenters. The Labute approximate surface area is 126 Å². The Morgan fingerprint density at radius 3 is 2.30 bits per heavy atom. The van der Waals surface area contributed by atoms with Gasteiger partial charge in [0.2, 0.25) is 0 Å². The fourth-order valence-electron chi connectivity index (χ4n) is 2.17. The second kappa shape index (κ2) is 6.46. The Kier molecular flexibility index (Phi) is 4.89. The van der Waals surface area contributed by atoms with E-state index >= 15 is 0 Å². The van der Waals surface area contributed by atoms with Crippen molar-refractivity contribution in [3.63, 3.8) is 0 Å². The zero-order valence-electron chi connectivity index (χ0n) is 11.4. The molecule has 0 aromatic heterocycles. The van der Waals surface area contributed by atoms with E-state index in [9.17, 15) is 8.78 Å². The molecule has 20 heavy (non-hydrogen) atoms. The monoisotopic (exact) mass is 339 g/mol. The standard InChI is InChI=1S/C16H16BrF2N/c1-3-20-16(11-4-6-13(17)10(2)8-11)12-5-7-14(18)15(19)9-12/h4-9,16,20H,3H2,1-2H3. The molecule has 0 radical (unpaired) electrons. The third kappa shape index (κ3) is 3.25. The maximum Gasteiger partial charge on any atom is 0.159 e. The van der Waals surface area contributed by atoms with E-state index in [-0.39, 0.29) is 6.04 Å². The first-order chi connectivity index (χ1) is 9.52. The fourth-order valence-corrected chi connectivity index (χ4v) is 2.42. The topological polar surface area (TPSA) is 12.0 Å². The van der Waals surface area contributed by atoms with Crippen molar-refractivity contribution in [2.24, 2.45) is 0 Å². The second-order valence-corrected chi connectivity index (χ2v) is 5.53. The zero-order chi connectivity index (χ0) is 14.7. The van der Waals surface area contributed by atoms with Crippen molar-refractivity contribution < 1.29 is 8.78 Å². The summed E-state index contributed by atoms with van der Waals surface area (Å²) < 4.78 is 27.5. The van der Waals surface area contributed by atoms with Crippen LogP contribution in [0.4, 0.5) is 8.78 Å². The fraction of sp³-hybridized carbons (Fsp3) is 0.250. The quantitative estimate of drug-likeness (QED) is 0.848. The first kappa shape index (κ1) is 15.1. The van der Waals surface area contributed by atoms with E-state index in [1.54, 1.807) is 6.07 Å². The summed E-state index contributed by atoms with van der Waals surface area (Å²) in [5, 5.41) is 3.30. The van der Waals surface area contributed by atoms with E-state index in [1.165, 1.54) is 12.1 Å². The molecule has 2 aromatic carbocycles. The van der Waals surface area contributed by atoms with Crippen LogP contribution < -0.4 is 5.32 Å². The van der Waals surface area contributed by atoms with Crippen LogP contribution in [-0.4, -0.2) is 6.54 Å². The maximum atomic E-state index is 13.4. The lowest BCUT2D eigenvalue weighted by molar-refractivity contribution is 0.504. The molecule has 106 valence electrons. The van der Waals surface area contributed by atoms with Crippen molar-refractivity contribution in [1.82, 2.24) is 5.32 Å². The number of halogens is 3. The predicted octanol–water partition coefficient (Wildman–Crippen LogP) is 4.73. The van der Waals surface area contributed by atoms with Gasteiger partial charge in [-0.3, -0.25) is 0 Å². The number of hydrogen-bond acceptors (Lipinski definition) is 1. The van der Waals surface area contributed by atoms with E-state index in [2.05, 4.69) is 21.2 Å². The molecule has 0 fully saturated rings. The highest BCUT2D eigenvalue weighted by Crippen LogP contribution is 2.27. The molecule has 0 aliphatic heterocycles. The predicted molar refractivity (Wildman–Crippen MR) is 80.8 cm³/mol. The van der Waals surface area contributed by atoms with Gasteiger partial charge in [-0.05, 0) is 48.4 Å². The molecular weight excluding hydrogens is 324 g/mol. The summed E-state index contributed by atoms with van der Waals surface area (Å²) in [6, 6.07) is 9.87. The highest BCUT2D eigenvalue weighted by atomic mass is 79.9. The van der Waals surface area contributed by atoms with Crippen LogP contribution in [-0.2, 0) is 0 Å². The van der Waals surface area contributed by atoms with Gasteiger partial charge in [0.15, 0.2) is 11.6 Å². The van der Waals surface area contributed by atoms with E-state index in [0.29, 0.717) is 5.56 Å². The minimum atomic E-state index is -0.823. The molecule has 2 aromatic rings. The summed E-state index contributed by atoms with van der Waals surface area (Å²) in [7, 11) is 0. The summed E-state index contributed by atoms with van der Waals surface area (Å²) in [4.78, 5) is 0. The summed E-state index contributed by atoms with van der Waals surface area (Å²) >= 11 is 3.46. The van der Waals surface area contributed by atoms with Crippen LogP contribution in [0.1, 0.15) is 29.7 Å². The molecule has 0 bridgehead atoms. The number of nitrogens with one attached hydrogen (secondary N) is 1. The molecule has 1 N–H and O–H groups in total. The first-order valence-corrected chi connectivity index (χ1v) is 7.26. The molecule has 0 heterocycles. The lowest BCUT2D eigenvalue weighted by Gasteiger charge is -2.20. The number of aryl methyl sites for hydroxylation is 1. The molecular formula is C16H16BrF2N. The molecule has 0 aliphatic carbocycles. The maximum absolute atomic E-state index is 13.4. The molecule has 4 heteroatoms. The normalized spacial score (nSPS) is 12.4. The van der Waals surface area contributed by atoms with E-state index in [4.69, 9.17) is 0 Å². The molecule has 0 aliphatic rings. The smallest absolute Gasteiger partial charge is 0.159 e. The van der Waals surface area contributed by atoms with Gasteiger partial charge in [0.25, 0.3) is 0 Å². The third-order valence-electron chi connectivity index (χ3n) is 3.20. The second-order valence-electron chi connectivity index (χ2n) is 4.67. The first-order valence-electron chi connectivity index (χ1n) is 6.47. The SMILES string of the molecule is CCNC(c1ccc(Br)c(C)c1)c1ccc(F)c(F)c1. The Morgan fingerprint density at radius 1 is 1.05 bits per heavy atom. The highest BCUT2D eigenvalue weighted by Gasteiger charge is 2.15. The van der Waals surface area contributed by atoms with Gasteiger partial charge in [0.05, 0.1) is 6.04 Å². The van der Waals surface area contributed by atoms with Crippen molar-refractivity contribution in [2.45, 2.75) is 19.9 Å². The molecule has 1 nitrogen and oxygen atoms in total. The molecule has 0 saturated carbocycles. The van der Waals surface area contributed by atoms with Crippen LogP contribution in [0.25, 0.3) is 0 Å². The lowest BCUT2D eigenvalue weighted by atomic mass is 9.97. The van der Waals surface area contributed by atoms with Crippen LogP contribution in [0.15, 0.2) is 40.9 Å². The minimum Gasteiger partial charge on any atom is -0.307 e. The Balaban J connectivity index is 2.44. The Hall–Kier alpha value is -1.26. The van der Waals surface area contributed by atoms with Gasteiger partial charge in [-0.1, -0.05) is 41.1 Å². The molecule has 1 unspecified atom stereocenters. The highest BCUT2D eigenvalue weighted by molar-refractivity contribution is 9.10. The summed E-state index contributed by atoms with van der Waals surface area (Å²) in [6.07, 6.45) is 0.